The van der Waals surface area contributed by atoms with Gasteiger partial charge in [-0.15, -0.1) is 0 Å². The Labute approximate surface area is 199 Å². The molecule has 1 aromatic carbocycles. The molecule has 5 rings (SSSR count). The maximum atomic E-state index is 13.5. The summed E-state index contributed by atoms with van der Waals surface area (Å²) in [4.78, 5) is 22.3. The quantitative estimate of drug-likeness (QED) is 0.612. The van der Waals surface area contributed by atoms with Gasteiger partial charge in [0.2, 0.25) is 10.0 Å². The van der Waals surface area contributed by atoms with Crippen molar-refractivity contribution in [2.75, 3.05) is 24.5 Å². The monoisotopic (exact) mass is 482 g/mol. The molecule has 2 N–H and O–H groups in total. The number of primary sulfonamides is 1. The Hall–Kier alpha value is -2.98. The van der Waals surface area contributed by atoms with Gasteiger partial charge in [0, 0.05) is 37.5 Å². The van der Waals surface area contributed by atoms with Gasteiger partial charge in [-0.25, -0.2) is 23.1 Å². The van der Waals surface area contributed by atoms with E-state index in [1.807, 2.05) is 19.2 Å². The molecule has 0 bridgehead atoms. The van der Waals surface area contributed by atoms with Gasteiger partial charge in [0.1, 0.15) is 5.82 Å². The zero-order chi connectivity index (χ0) is 24.0. The predicted molar refractivity (Wildman–Crippen MR) is 129 cm³/mol. The van der Waals surface area contributed by atoms with Crippen molar-refractivity contribution in [1.82, 2.24) is 19.5 Å². The summed E-state index contributed by atoms with van der Waals surface area (Å²) < 4.78 is 25.9. The van der Waals surface area contributed by atoms with Gasteiger partial charge in [-0.2, -0.15) is 5.10 Å². The van der Waals surface area contributed by atoms with Crippen LogP contribution in [0.4, 0.5) is 5.82 Å². The molecular weight excluding hydrogens is 452 g/mol. The number of hydrogen-bond donors (Lipinski definition) is 1. The third-order valence-electron chi connectivity index (χ3n) is 6.88. The van der Waals surface area contributed by atoms with Crippen molar-refractivity contribution < 1.29 is 13.2 Å². The third-order valence-corrected chi connectivity index (χ3v) is 7.85. The van der Waals surface area contributed by atoms with Crippen LogP contribution in [-0.4, -0.2) is 53.5 Å². The molecule has 4 heterocycles. The lowest BCUT2D eigenvalue weighted by Gasteiger charge is -2.35. The Morgan fingerprint density at radius 3 is 2.68 bits per heavy atom. The van der Waals surface area contributed by atoms with Gasteiger partial charge in [0.15, 0.2) is 5.65 Å². The molecule has 2 aliphatic heterocycles. The van der Waals surface area contributed by atoms with E-state index in [9.17, 15) is 13.2 Å². The zero-order valence-corrected chi connectivity index (χ0v) is 20.3. The summed E-state index contributed by atoms with van der Waals surface area (Å²) in [6.07, 6.45) is 5.72. The van der Waals surface area contributed by atoms with Gasteiger partial charge < -0.3 is 9.80 Å². The summed E-state index contributed by atoms with van der Waals surface area (Å²) in [5, 5.41) is 10.2. The van der Waals surface area contributed by atoms with Crippen LogP contribution < -0.4 is 10.0 Å². The lowest BCUT2D eigenvalue weighted by Crippen LogP contribution is -2.39. The maximum Gasteiger partial charge on any atom is 0.255 e. The molecule has 9 nitrogen and oxygen atoms in total. The van der Waals surface area contributed by atoms with E-state index in [4.69, 9.17) is 15.2 Å². The number of piperidine rings is 1. The number of likely N-dealkylation sites (tertiary alicyclic amines) is 1. The van der Waals surface area contributed by atoms with Crippen molar-refractivity contribution in [3.05, 3.63) is 53.3 Å². The fourth-order valence-corrected chi connectivity index (χ4v) is 5.89. The van der Waals surface area contributed by atoms with E-state index in [0.717, 1.165) is 61.5 Å². The van der Waals surface area contributed by atoms with E-state index in [0.29, 0.717) is 12.5 Å². The first-order valence-electron chi connectivity index (χ1n) is 11.8. The lowest BCUT2D eigenvalue weighted by atomic mass is 9.98. The SMILES string of the molecule is Cc1cn2nc([C@@H]3CCCCN3C(=O)c3ccccc3S(N)(=O)=O)cc2nc1N1CC[C@H](C)C1. The highest BCUT2D eigenvalue weighted by Crippen LogP contribution is 2.33. The normalized spacial score (nSPS) is 21.4. The number of nitrogens with zero attached hydrogens (tertiary/aromatic N) is 5. The first kappa shape index (κ1) is 22.8. The molecule has 0 unspecified atom stereocenters. The maximum absolute atomic E-state index is 13.5. The molecule has 2 fully saturated rings. The summed E-state index contributed by atoms with van der Waals surface area (Å²) in [6, 6.07) is 7.81. The minimum Gasteiger partial charge on any atom is -0.356 e. The number of aromatic nitrogens is 3. The van der Waals surface area contributed by atoms with Crippen molar-refractivity contribution in [1.29, 1.82) is 0 Å². The second kappa shape index (κ2) is 8.66. The molecule has 2 atom stereocenters. The van der Waals surface area contributed by atoms with Crippen LogP contribution in [0.5, 0.6) is 0 Å². The average Bonchev–Trinajstić information content (AvgIpc) is 3.43. The van der Waals surface area contributed by atoms with E-state index in [1.54, 1.807) is 21.5 Å². The number of sulfonamides is 1. The minimum absolute atomic E-state index is 0.0973. The minimum atomic E-state index is -4.02. The zero-order valence-electron chi connectivity index (χ0n) is 19.5. The van der Waals surface area contributed by atoms with Crippen molar-refractivity contribution in [3.8, 4) is 0 Å². The molecule has 2 aromatic heterocycles. The predicted octanol–water partition coefficient (Wildman–Crippen LogP) is 2.90. The second-order valence-corrected chi connectivity index (χ2v) is 11.0. The third kappa shape index (κ3) is 4.16. The number of nitrogens with two attached hydrogens (primary N) is 1. The molecule has 1 amide bonds. The van der Waals surface area contributed by atoms with Crippen molar-refractivity contribution in [2.45, 2.75) is 50.5 Å². The number of carbonyl (C=O) groups excluding carboxylic acids is 1. The summed E-state index contributed by atoms with van der Waals surface area (Å²) in [5.41, 5.74) is 2.67. The van der Waals surface area contributed by atoms with Gasteiger partial charge in [0.05, 0.1) is 22.2 Å². The second-order valence-electron chi connectivity index (χ2n) is 9.51. The van der Waals surface area contributed by atoms with Crippen LogP contribution in [0.25, 0.3) is 5.65 Å². The number of carbonyl (C=O) groups is 1. The highest BCUT2D eigenvalue weighted by molar-refractivity contribution is 7.89. The van der Waals surface area contributed by atoms with E-state index in [-0.39, 0.29) is 22.4 Å². The number of anilines is 1. The molecule has 0 radical (unpaired) electrons. The Morgan fingerprint density at radius 2 is 1.94 bits per heavy atom. The van der Waals surface area contributed by atoms with Crippen LogP contribution >= 0.6 is 0 Å². The van der Waals surface area contributed by atoms with Crippen LogP contribution in [0.15, 0.2) is 41.4 Å². The summed E-state index contributed by atoms with van der Waals surface area (Å²) in [7, 11) is -4.02. The van der Waals surface area contributed by atoms with Crippen LogP contribution in [0.2, 0.25) is 0 Å². The van der Waals surface area contributed by atoms with Gasteiger partial charge in [-0.3, -0.25) is 4.79 Å². The molecule has 0 spiro atoms. The van der Waals surface area contributed by atoms with Gasteiger partial charge in [0.25, 0.3) is 5.91 Å². The van der Waals surface area contributed by atoms with Crippen molar-refractivity contribution in [2.24, 2.45) is 11.1 Å². The molecule has 2 saturated heterocycles. The largest absolute Gasteiger partial charge is 0.356 e. The van der Waals surface area contributed by atoms with E-state index in [1.165, 1.54) is 12.1 Å². The summed E-state index contributed by atoms with van der Waals surface area (Å²) in [5.74, 6) is 1.30. The molecule has 2 aliphatic rings. The molecule has 3 aromatic rings. The highest BCUT2D eigenvalue weighted by Gasteiger charge is 2.33. The number of amides is 1. The Morgan fingerprint density at radius 1 is 1.15 bits per heavy atom. The van der Waals surface area contributed by atoms with Crippen LogP contribution in [0.1, 0.15) is 60.3 Å². The fourth-order valence-electron chi connectivity index (χ4n) is 5.16. The van der Waals surface area contributed by atoms with Crippen LogP contribution in [-0.2, 0) is 10.0 Å². The van der Waals surface area contributed by atoms with Gasteiger partial charge >= 0.3 is 0 Å². The first-order chi connectivity index (χ1) is 16.2. The van der Waals surface area contributed by atoms with Gasteiger partial charge in [-0.05, 0) is 50.7 Å². The van der Waals surface area contributed by atoms with Gasteiger partial charge in [-0.1, -0.05) is 19.1 Å². The summed E-state index contributed by atoms with van der Waals surface area (Å²) >= 11 is 0. The highest BCUT2D eigenvalue weighted by atomic mass is 32.2. The lowest BCUT2D eigenvalue weighted by molar-refractivity contribution is 0.0601. The van der Waals surface area contributed by atoms with Crippen LogP contribution in [0.3, 0.4) is 0 Å². The average molecular weight is 483 g/mol. The standard InChI is InChI=1S/C24H30N6O3S/c1-16-10-12-28(14-16)23-17(2)15-30-22(26-23)13-19(27-30)20-8-5-6-11-29(20)24(31)18-7-3-4-9-21(18)34(25,32)33/h3-4,7,9,13,15-16,20H,5-6,8,10-12,14H2,1-2H3,(H2,25,32,33)/t16-,20-/m0/s1. The number of fused-ring (bicyclic) bond motifs is 1. The number of hydrogen-bond acceptors (Lipinski definition) is 6. The smallest absolute Gasteiger partial charge is 0.255 e. The van der Waals surface area contributed by atoms with Crippen molar-refractivity contribution in [3.63, 3.8) is 0 Å². The van der Waals surface area contributed by atoms with Crippen LogP contribution in [0, 0.1) is 12.8 Å². The molecular formula is C24H30N6O3S. The number of benzene rings is 1. The molecule has 10 heteroatoms. The summed E-state index contributed by atoms with van der Waals surface area (Å²) in [6.45, 7) is 6.83. The van der Waals surface area contributed by atoms with E-state index in [2.05, 4.69) is 11.8 Å². The number of aryl methyl sites for hydroxylation is 1. The number of rotatable bonds is 4. The molecule has 180 valence electrons. The van der Waals surface area contributed by atoms with Crippen molar-refractivity contribution >= 4 is 27.4 Å². The molecule has 0 aliphatic carbocycles. The first-order valence-corrected chi connectivity index (χ1v) is 13.3. The van der Waals surface area contributed by atoms with E-state index < -0.39 is 10.0 Å². The molecule has 0 saturated carbocycles. The Bertz CT molecular complexity index is 1350. The Balaban J connectivity index is 1.50. The van der Waals surface area contributed by atoms with E-state index >= 15 is 0 Å². The topological polar surface area (TPSA) is 114 Å². The molecule has 34 heavy (non-hydrogen) atoms. The fraction of sp³-hybridized carbons (Fsp3) is 0.458. The Kier molecular flexibility index (Phi) is 5.81.